The van der Waals surface area contributed by atoms with Gasteiger partial charge in [-0.05, 0) is 35.4 Å². The Bertz CT molecular complexity index is 857. The summed E-state index contributed by atoms with van der Waals surface area (Å²) >= 11 is 1.49. The minimum Gasteiger partial charge on any atom is -0.356 e. The van der Waals surface area contributed by atoms with Crippen molar-refractivity contribution in [2.75, 3.05) is 11.9 Å². The van der Waals surface area contributed by atoms with E-state index in [2.05, 4.69) is 10.6 Å². The van der Waals surface area contributed by atoms with Gasteiger partial charge >= 0.3 is 0 Å². The smallest absolute Gasteiger partial charge is 0.245 e. The van der Waals surface area contributed by atoms with E-state index in [1.807, 2.05) is 12.1 Å². The molecule has 2 heterocycles. The van der Waals surface area contributed by atoms with Crippen molar-refractivity contribution in [3.63, 3.8) is 0 Å². The standard InChI is InChI=1S/C17H16FN3O2S/c1-9(22)21-7-6-14(21)16(23)20-17-19-13-5-2-10-8-11(18)3-4-12(10)15(13)24-17/h2-5,8,14,17,19H,6-7H2,1H3,(H,20,23)/t14-,17?/m0/s1. The molecule has 7 heteroatoms. The summed E-state index contributed by atoms with van der Waals surface area (Å²) in [5.41, 5.74) is 0.624. The predicted octanol–water partition coefficient (Wildman–Crippen LogP) is 2.52. The Labute approximate surface area is 142 Å². The van der Waals surface area contributed by atoms with Gasteiger partial charge in [0, 0.05) is 18.4 Å². The lowest BCUT2D eigenvalue weighted by Crippen LogP contribution is -2.59. The topological polar surface area (TPSA) is 61.4 Å². The first-order valence-electron chi connectivity index (χ1n) is 7.76. The van der Waals surface area contributed by atoms with Crippen LogP contribution in [0.1, 0.15) is 13.3 Å². The number of thioether (sulfide) groups is 1. The van der Waals surface area contributed by atoms with E-state index in [4.69, 9.17) is 0 Å². The van der Waals surface area contributed by atoms with E-state index in [9.17, 15) is 14.0 Å². The molecule has 5 nitrogen and oxygen atoms in total. The molecule has 0 radical (unpaired) electrons. The van der Waals surface area contributed by atoms with E-state index in [0.717, 1.165) is 21.4 Å². The van der Waals surface area contributed by atoms with Gasteiger partial charge in [0.25, 0.3) is 0 Å². The van der Waals surface area contributed by atoms with Gasteiger partial charge in [0.2, 0.25) is 11.8 Å². The highest BCUT2D eigenvalue weighted by molar-refractivity contribution is 8.00. The van der Waals surface area contributed by atoms with Gasteiger partial charge in [-0.25, -0.2) is 4.39 Å². The number of fused-ring (bicyclic) bond motifs is 3. The maximum absolute atomic E-state index is 13.4. The van der Waals surface area contributed by atoms with E-state index in [-0.39, 0.29) is 29.2 Å². The molecule has 2 aliphatic rings. The van der Waals surface area contributed by atoms with E-state index >= 15 is 0 Å². The van der Waals surface area contributed by atoms with Crippen LogP contribution in [-0.2, 0) is 9.59 Å². The molecule has 1 unspecified atom stereocenters. The second-order valence-electron chi connectivity index (χ2n) is 5.98. The maximum Gasteiger partial charge on any atom is 0.245 e. The molecule has 1 fully saturated rings. The zero-order chi connectivity index (χ0) is 16.8. The molecule has 2 aliphatic heterocycles. The molecule has 1 saturated heterocycles. The van der Waals surface area contributed by atoms with Crippen molar-refractivity contribution >= 4 is 40.0 Å². The summed E-state index contributed by atoms with van der Waals surface area (Å²) in [4.78, 5) is 26.3. The molecule has 2 N–H and O–H groups in total. The number of carbonyl (C=O) groups excluding carboxylic acids is 2. The normalized spacial score (nSPS) is 21.8. The lowest BCUT2D eigenvalue weighted by atomic mass is 10.0. The van der Waals surface area contributed by atoms with E-state index in [0.29, 0.717) is 13.0 Å². The van der Waals surface area contributed by atoms with Crippen molar-refractivity contribution in [2.24, 2.45) is 0 Å². The van der Waals surface area contributed by atoms with Crippen LogP contribution in [-0.4, -0.2) is 34.8 Å². The fraction of sp³-hybridized carbons (Fsp3) is 0.294. The molecule has 2 amide bonds. The number of nitrogens with zero attached hydrogens (tertiary/aromatic N) is 1. The predicted molar refractivity (Wildman–Crippen MR) is 91.1 cm³/mol. The summed E-state index contributed by atoms with van der Waals surface area (Å²) < 4.78 is 13.4. The molecule has 24 heavy (non-hydrogen) atoms. The largest absolute Gasteiger partial charge is 0.356 e. The Kier molecular flexibility index (Phi) is 3.60. The second kappa shape index (κ2) is 5.66. The first kappa shape index (κ1) is 15.3. The van der Waals surface area contributed by atoms with Crippen LogP contribution in [0.2, 0.25) is 0 Å². The Morgan fingerprint density at radius 1 is 1.33 bits per heavy atom. The quantitative estimate of drug-likeness (QED) is 0.878. The number of benzene rings is 2. The Morgan fingerprint density at radius 2 is 2.17 bits per heavy atom. The summed E-state index contributed by atoms with van der Waals surface area (Å²) in [5.74, 6) is -0.494. The highest BCUT2D eigenvalue weighted by atomic mass is 32.2. The van der Waals surface area contributed by atoms with E-state index < -0.39 is 0 Å². The molecule has 124 valence electrons. The summed E-state index contributed by atoms with van der Waals surface area (Å²) in [7, 11) is 0. The van der Waals surface area contributed by atoms with Crippen LogP contribution in [0, 0.1) is 5.82 Å². The van der Waals surface area contributed by atoms with Crippen molar-refractivity contribution in [3.8, 4) is 0 Å². The molecule has 2 aromatic carbocycles. The Morgan fingerprint density at radius 3 is 2.88 bits per heavy atom. The van der Waals surface area contributed by atoms with Crippen LogP contribution in [0.4, 0.5) is 10.1 Å². The molecule has 0 spiro atoms. The van der Waals surface area contributed by atoms with Crippen LogP contribution in [0.15, 0.2) is 35.2 Å². The van der Waals surface area contributed by atoms with Crippen molar-refractivity contribution < 1.29 is 14.0 Å². The third-order valence-electron chi connectivity index (χ3n) is 4.45. The van der Waals surface area contributed by atoms with Gasteiger partial charge in [-0.3, -0.25) is 9.59 Å². The van der Waals surface area contributed by atoms with Gasteiger partial charge in [-0.2, -0.15) is 0 Å². The molecule has 0 aromatic heterocycles. The Balaban J connectivity index is 1.50. The maximum atomic E-state index is 13.4. The fourth-order valence-corrected chi connectivity index (χ4v) is 4.29. The van der Waals surface area contributed by atoms with Crippen molar-refractivity contribution in [1.29, 1.82) is 0 Å². The monoisotopic (exact) mass is 345 g/mol. The molecule has 0 bridgehead atoms. The number of hydrogen-bond donors (Lipinski definition) is 2. The number of likely N-dealkylation sites (tertiary alicyclic amines) is 1. The molecule has 0 saturated carbocycles. The first-order chi connectivity index (χ1) is 11.5. The van der Waals surface area contributed by atoms with Crippen LogP contribution < -0.4 is 10.6 Å². The van der Waals surface area contributed by atoms with Crippen LogP contribution in [0.5, 0.6) is 0 Å². The van der Waals surface area contributed by atoms with Gasteiger partial charge in [-0.15, -0.1) is 0 Å². The zero-order valence-corrected chi connectivity index (χ0v) is 13.8. The van der Waals surface area contributed by atoms with Gasteiger partial charge in [0.1, 0.15) is 11.9 Å². The Hall–Kier alpha value is -2.28. The van der Waals surface area contributed by atoms with Crippen molar-refractivity contribution in [1.82, 2.24) is 10.2 Å². The zero-order valence-electron chi connectivity index (χ0n) is 13.0. The number of carbonyl (C=O) groups is 2. The lowest BCUT2D eigenvalue weighted by molar-refractivity contribution is -0.145. The van der Waals surface area contributed by atoms with Gasteiger partial charge in [-0.1, -0.05) is 23.9 Å². The third kappa shape index (κ3) is 2.49. The molecule has 2 aromatic rings. The third-order valence-corrected chi connectivity index (χ3v) is 5.60. The molecule has 0 aliphatic carbocycles. The van der Waals surface area contributed by atoms with Gasteiger partial charge in [0.05, 0.1) is 5.69 Å². The minimum atomic E-state index is -0.376. The molecule has 4 rings (SSSR count). The SMILES string of the molecule is CC(=O)N1CC[C@H]1C(=O)NC1Nc2ccc3cc(F)ccc3c2S1. The van der Waals surface area contributed by atoms with E-state index in [1.165, 1.54) is 30.8 Å². The summed E-state index contributed by atoms with van der Waals surface area (Å²) in [6.07, 6.45) is 0.692. The van der Waals surface area contributed by atoms with Crippen LogP contribution in [0.3, 0.4) is 0 Å². The number of nitrogens with one attached hydrogen (secondary N) is 2. The summed E-state index contributed by atoms with van der Waals surface area (Å²) in [6, 6.07) is 8.07. The highest BCUT2D eigenvalue weighted by Crippen LogP contribution is 2.42. The average Bonchev–Trinajstić information content (AvgIpc) is 2.87. The van der Waals surface area contributed by atoms with Crippen LogP contribution in [0.25, 0.3) is 10.8 Å². The molecular weight excluding hydrogens is 329 g/mol. The van der Waals surface area contributed by atoms with Crippen LogP contribution >= 0.6 is 11.8 Å². The summed E-state index contributed by atoms with van der Waals surface area (Å²) in [5, 5.41) is 7.97. The number of rotatable bonds is 2. The number of hydrogen-bond acceptors (Lipinski definition) is 4. The fourth-order valence-electron chi connectivity index (χ4n) is 3.13. The molecule has 2 atom stereocenters. The lowest BCUT2D eigenvalue weighted by Gasteiger charge is -2.39. The number of halogens is 1. The second-order valence-corrected chi connectivity index (χ2v) is 7.09. The number of amides is 2. The summed E-state index contributed by atoms with van der Waals surface area (Å²) in [6.45, 7) is 2.11. The van der Waals surface area contributed by atoms with E-state index in [1.54, 1.807) is 11.0 Å². The van der Waals surface area contributed by atoms with Crippen molar-refractivity contribution in [3.05, 3.63) is 36.1 Å². The van der Waals surface area contributed by atoms with Crippen molar-refractivity contribution in [2.45, 2.75) is 29.8 Å². The van der Waals surface area contributed by atoms with Gasteiger partial charge < -0.3 is 15.5 Å². The van der Waals surface area contributed by atoms with Gasteiger partial charge in [0.15, 0.2) is 5.50 Å². The molecular formula is C17H16FN3O2S. The average molecular weight is 345 g/mol. The highest BCUT2D eigenvalue weighted by Gasteiger charge is 2.37. The minimum absolute atomic E-state index is 0.0789. The first-order valence-corrected chi connectivity index (χ1v) is 8.64. The number of anilines is 1.